The maximum Gasteiger partial charge on any atom is 0.332 e. The maximum atomic E-state index is 12.9. The number of rotatable bonds is 7. The molecule has 0 atom stereocenters. The van der Waals surface area contributed by atoms with Crippen LogP contribution in [0.5, 0.6) is 0 Å². The Kier molecular flexibility index (Phi) is 6.24. The van der Waals surface area contributed by atoms with E-state index in [1.54, 1.807) is 11.6 Å². The van der Waals surface area contributed by atoms with Crippen molar-refractivity contribution in [3.63, 3.8) is 0 Å². The van der Waals surface area contributed by atoms with Crippen LogP contribution in [-0.4, -0.2) is 40.5 Å². The van der Waals surface area contributed by atoms with Crippen molar-refractivity contribution in [2.75, 3.05) is 11.1 Å². The van der Waals surface area contributed by atoms with Gasteiger partial charge in [0.1, 0.15) is 5.01 Å². The molecule has 0 radical (unpaired) electrons. The summed E-state index contributed by atoms with van der Waals surface area (Å²) >= 11 is 2.53. The third kappa shape index (κ3) is 4.23. The molecule has 0 aliphatic heterocycles. The van der Waals surface area contributed by atoms with Crippen LogP contribution in [0, 0.1) is 0 Å². The molecule has 4 rings (SSSR count). The van der Waals surface area contributed by atoms with Gasteiger partial charge in [-0.15, -0.1) is 10.2 Å². The van der Waals surface area contributed by atoms with E-state index in [1.807, 2.05) is 37.3 Å². The second kappa shape index (κ2) is 9.09. The maximum absolute atomic E-state index is 12.9. The van der Waals surface area contributed by atoms with Crippen LogP contribution in [0.1, 0.15) is 17.5 Å². The average Bonchev–Trinajstić information content (AvgIpc) is 3.40. The highest BCUT2D eigenvalue weighted by Crippen LogP contribution is 2.24. The normalized spacial score (nSPS) is 11.2. The first-order chi connectivity index (χ1) is 15.4. The van der Waals surface area contributed by atoms with Crippen molar-refractivity contribution in [3.8, 4) is 0 Å². The van der Waals surface area contributed by atoms with Crippen LogP contribution >= 0.6 is 23.1 Å². The summed E-state index contributed by atoms with van der Waals surface area (Å²) in [6.45, 7) is 2.35. The number of benzene rings is 1. The van der Waals surface area contributed by atoms with Gasteiger partial charge in [-0.1, -0.05) is 60.4 Å². The van der Waals surface area contributed by atoms with Gasteiger partial charge in [0.05, 0.1) is 12.3 Å². The summed E-state index contributed by atoms with van der Waals surface area (Å²) in [4.78, 5) is 42.3. The van der Waals surface area contributed by atoms with E-state index in [4.69, 9.17) is 0 Å². The molecule has 0 saturated heterocycles. The van der Waals surface area contributed by atoms with Gasteiger partial charge in [-0.05, 0) is 12.0 Å². The number of anilines is 1. The summed E-state index contributed by atoms with van der Waals surface area (Å²) in [6, 6.07) is 9.63. The molecule has 12 heteroatoms. The minimum absolute atomic E-state index is 0.0629. The highest BCUT2D eigenvalue weighted by atomic mass is 32.2. The molecule has 0 aliphatic carbocycles. The first-order valence-corrected chi connectivity index (χ1v) is 11.6. The number of imidazole rings is 1. The quantitative estimate of drug-likeness (QED) is 0.407. The van der Waals surface area contributed by atoms with Gasteiger partial charge >= 0.3 is 5.69 Å². The lowest BCUT2D eigenvalue weighted by atomic mass is 10.2. The van der Waals surface area contributed by atoms with Crippen molar-refractivity contribution >= 4 is 45.3 Å². The van der Waals surface area contributed by atoms with E-state index in [9.17, 15) is 14.4 Å². The zero-order valence-electron chi connectivity index (χ0n) is 17.7. The molecule has 4 aromatic rings. The predicted octanol–water partition coefficient (Wildman–Crippen LogP) is 1.63. The van der Waals surface area contributed by atoms with Crippen molar-refractivity contribution < 1.29 is 4.79 Å². The number of carbonyl (C=O) groups excluding carboxylic acids is 1. The molecule has 1 amide bonds. The smallest absolute Gasteiger partial charge is 0.309 e. The summed E-state index contributed by atoms with van der Waals surface area (Å²) in [7, 11) is 3.02. The third-order valence-electron chi connectivity index (χ3n) is 4.84. The first kappa shape index (κ1) is 22.0. The molecule has 3 heterocycles. The molecular weight excluding hydrogens is 450 g/mol. The van der Waals surface area contributed by atoms with E-state index in [1.165, 1.54) is 34.7 Å². The van der Waals surface area contributed by atoms with E-state index >= 15 is 0 Å². The molecule has 10 nitrogen and oxygen atoms in total. The summed E-state index contributed by atoms with van der Waals surface area (Å²) in [6.07, 6.45) is 0.749. The number of hydrogen-bond donors (Lipinski definition) is 1. The minimum atomic E-state index is -0.454. The fourth-order valence-corrected chi connectivity index (χ4v) is 4.67. The number of amides is 1. The van der Waals surface area contributed by atoms with Crippen LogP contribution in [0.4, 0.5) is 5.13 Å². The highest BCUT2D eigenvalue weighted by molar-refractivity contribution is 7.99. The Hall–Kier alpha value is -3.25. The lowest BCUT2D eigenvalue weighted by molar-refractivity contribution is -0.113. The minimum Gasteiger partial charge on any atom is -0.309 e. The Morgan fingerprint density at radius 2 is 1.88 bits per heavy atom. The Morgan fingerprint density at radius 1 is 1.12 bits per heavy atom. The van der Waals surface area contributed by atoms with Crippen molar-refractivity contribution in [2.24, 2.45) is 14.1 Å². The fourth-order valence-electron chi connectivity index (χ4n) is 3.18. The Morgan fingerprint density at radius 3 is 2.56 bits per heavy atom. The molecule has 0 unspecified atom stereocenters. The number of nitrogens with one attached hydrogen (secondary N) is 1. The number of nitrogens with zero attached hydrogens (tertiary/aromatic N) is 6. The van der Waals surface area contributed by atoms with Crippen molar-refractivity contribution in [2.45, 2.75) is 25.0 Å². The van der Waals surface area contributed by atoms with E-state index in [-0.39, 0.29) is 17.3 Å². The summed E-state index contributed by atoms with van der Waals surface area (Å²) in [5, 5.41) is 12.5. The second-order valence-electron chi connectivity index (χ2n) is 7.04. The molecule has 0 spiro atoms. The molecule has 32 heavy (non-hydrogen) atoms. The second-order valence-corrected chi connectivity index (χ2v) is 9.04. The van der Waals surface area contributed by atoms with Crippen LogP contribution in [-0.2, 0) is 31.9 Å². The molecule has 166 valence electrons. The van der Waals surface area contributed by atoms with Crippen LogP contribution in [0.3, 0.4) is 0 Å². The van der Waals surface area contributed by atoms with E-state index in [0.717, 1.165) is 21.6 Å². The van der Waals surface area contributed by atoms with E-state index in [0.29, 0.717) is 22.3 Å². The van der Waals surface area contributed by atoms with Crippen LogP contribution in [0.2, 0.25) is 0 Å². The third-order valence-corrected chi connectivity index (χ3v) is 6.80. The monoisotopic (exact) mass is 471 g/mol. The number of carbonyl (C=O) groups is 1. The standard InChI is InChI=1S/C20H21N7O3S2/c1-4-14-23-24-18(32-14)21-13(28)11-31-19-22-16-15(17(29)26(3)20(30)25(16)2)27(19)10-12-8-6-5-7-9-12/h5-9H,4,10-11H2,1-3H3,(H,21,24,28). The summed E-state index contributed by atoms with van der Waals surface area (Å²) in [5.41, 5.74) is 0.689. The van der Waals surface area contributed by atoms with Gasteiger partial charge < -0.3 is 4.57 Å². The highest BCUT2D eigenvalue weighted by Gasteiger charge is 2.20. The average molecular weight is 472 g/mol. The molecule has 0 fully saturated rings. The van der Waals surface area contributed by atoms with E-state index in [2.05, 4.69) is 20.5 Å². The molecule has 0 saturated carbocycles. The zero-order valence-corrected chi connectivity index (χ0v) is 19.4. The van der Waals surface area contributed by atoms with E-state index < -0.39 is 11.2 Å². The number of fused-ring (bicyclic) bond motifs is 1. The molecule has 0 aliphatic rings. The van der Waals surface area contributed by atoms with Crippen LogP contribution in [0.15, 0.2) is 45.1 Å². The molecule has 1 aromatic carbocycles. The molecule has 1 N–H and O–H groups in total. The Labute approximate surface area is 190 Å². The first-order valence-electron chi connectivity index (χ1n) is 9.84. The van der Waals surface area contributed by atoms with Crippen molar-refractivity contribution in [3.05, 3.63) is 61.7 Å². The zero-order chi connectivity index (χ0) is 22.8. The van der Waals surface area contributed by atoms with Crippen molar-refractivity contribution in [1.29, 1.82) is 0 Å². The SMILES string of the molecule is CCc1nnc(NC(=O)CSc2nc3c(c(=O)n(C)c(=O)n3C)n2Cc2ccccc2)s1. The Bertz CT molecular complexity index is 1400. The fraction of sp³-hybridized carbons (Fsp3) is 0.300. The van der Waals surface area contributed by atoms with Gasteiger partial charge in [0.2, 0.25) is 11.0 Å². The molecular formula is C20H21N7O3S2. The number of hydrogen-bond acceptors (Lipinski definition) is 8. The van der Waals surface area contributed by atoms with Gasteiger partial charge in [-0.2, -0.15) is 0 Å². The van der Waals surface area contributed by atoms with Gasteiger partial charge in [0.15, 0.2) is 16.3 Å². The predicted molar refractivity (Wildman–Crippen MR) is 124 cm³/mol. The molecule has 0 bridgehead atoms. The lowest BCUT2D eigenvalue weighted by Crippen LogP contribution is -2.37. The number of aryl methyl sites for hydroxylation is 2. The van der Waals surface area contributed by atoms with Gasteiger partial charge in [-0.25, -0.2) is 9.78 Å². The largest absolute Gasteiger partial charge is 0.332 e. The summed E-state index contributed by atoms with van der Waals surface area (Å²) in [5.74, 6) is -0.193. The Balaban J connectivity index is 1.68. The summed E-state index contributed by atoms with van der Waals surface area (Å²) < 4.78 is 4.16. The lowest BCUT2D eigenvalue weighted by Gasteiger charge is -2.09. The topological polar surface area (TPSA) is 117 Å². The van der Waals surface area contributed by atoms with Gasteiger partial charge in [-0.3, -0.25) is 24.0 Å². The molecule has 3 aromatic heterocycles. The van der Waals surface area contributed by atoms with Crippen LogP contribution in [0.25, 0.3) is 11.2 Å². The van der Waals surface area contributed by atoms with Crippen LogP contribution < -0.4 is 16.6 Å². The number of thioether (sulfide) groups is 1. The van der Waals surface area contributed by atoms with Gasteiger partial charge in [0, 0.05) is 14.1 Å². The van der Waals surface area contributed by atoms with Crippen molar-refractivity contribution in [1.82, 2.24) is 28.9 Å². The number of aromatic nitrogens is 6. The van der Waals surface area contributed by atoms with Gasteiger partial charge in [0.25, 0.3) is 5.56 Å².